The molecule has 1 amide bonds. The Morgan fingerprint density at radius 1 is 1.16 bits per heavy atom. The minimum absolute atomic E-state index is 0.394. The SMILES string of the molecule is Cc1ccc2c(c1C)N(Cc1cccs1)C(=O)C2=O. The Bertz CT molecular complexity index is 674. The standard InChI is InChI=1S/C15H13NO2S/c1-9-5-6-12-13(10(9)2)16(15(18)14(12)17)8-11-4-3-7-19-11/h3-7H,8H2,1-2H3. The van der Waals surface area contributed by atoms with Gasteiger partial charge in [-0.15, -0.1) is 11.3 Å². The summed E-state index contributed by atoms with van der Waals surface area (Å²) in [6.45, 7) is 4.42. The van der Waals surface area contributed by atoms with Crippen molar-refractivity contribution in [1.82, 2.24) is 0 Å². The first kappa shape index (κ1) is 12.1. The molecule has 1 aliphatic heterocycles. The quantitative estimate of drug-likeness (QED) is 0.787. The Morgan fingerprint density at radius 3 is 2.63 bits per heavy atom. The second kappa shape index (κ2) is 4.31. The maximum absolute atomic E-state index is 12.1. The first-order chi connectivity index (χ1) is 9.09. The molecule has 0 saturated heterocycles. The van der Waals surface area contributed by atoms with Gasteiger partial charge >= 0.3 is 0 Å². The first-order valence-corrected chi connectivity index (χ1v) is 6.96. The molecule has 0 bridgehead atoms. The normalized spacial score (nSPS) is 14.1. The largest absolute Gasteiger partial charge is 0.299 e. The van der Waals surface area contributed by atoms with Gasteiger partial charge in [0.05, 0.1) is 17.8 Å². The highest BCUT2D eigenvalue weighted by molar-refractivity contribution is 7.09. The van der Waals surface area contributed by atoms with E-state index < -0.39 is 11.7 Å². The Kier molecular flexibility index (Phi) is 2.75. The van der Waals surface area contributed by atoms with Crippen LogP contribution in [0.3, 0.4) is 0 Å². The van der Waals surface area contributed by atoms with E-state index in [2.05, 4.69) is 0 Å². The molecule has 4 heteroatoms. The maximum Gasteiger partial charge on any atom is 0.299 e. The second-order valence-electron chi connectivity index (χ2n) is 4.70. The van der Waals surface area contributed by atoms with Crippen molar-refractivity contribution in [3.8, 4) is 0 Å². The van der Waals surface area contributed by atoms with Crippen LogP contribution >= 0.6 is 11.3 Å². The molecule has 1 aromatic heterocycles. The predicted octanol–water partition coefficient (Wildman–Crippen LogP) is 3.09. The van der Waals surface area contributed by atoms with Crippen molar-refractivity contribution in [3.63, 3.8) is 0 Å². The van der Waals surface area contributed by atoms with Crippen LogP contribution in [0.4, 0.5) is 5.69 Å². The number of aryl methyl sites for hydroxylation is 1. The highest BCUT2D eigenvalue weighted by atomic mass is 32.1. The lowest BCUT2D eigenvalue weighted by atomic mass is 10.0. The molecule has 1 aromatic carbocycles. The molecule has 3 nitrogen and oxygen atoms in total. The fourth-order valence-corrected chi connectivity index (χ4v) is 3.07. The van der Waals surface area contributed by atoms with Gasteiger partial charge in [0.1, 0.15) is 0 Å². The molecule has 0 radical (unpaired) electrons. The molecule has 3 rings (SSSR count). The van der Waals surface area contributed by atoms with Gasteiger partial charge in [-0.05, 0) is 42.5 Å². The Labute approximate surface area is 115 Å². The van der Waals surface area contributed by atoms with Gasteiger partial charge < -0.3 is 0 Å². The van der Waals surface area contributed by atoms with Crippen molar-refractivity contribution < 1.29 is 9.59 Å². The molecule has 1 aliphatic rings. The van der Waals surface area contributed by atoms with Gasteiger partial charge in [0, 0.05) is 4.88 Å². The van der Waals surface area contributed by atoms with Crippen LogP contribution in [0.25, 0.3) is 0 Å². The second-order valence-corrected chi connectivity index (χ2v) is 5.74. The third kappa shape index (κ3) is 1.79. The third-order valence-electron chi connectivity index (χ3n) is 3.55. The molecule has 0 saturated carbocycles. The van der Waals surface area contributed by atoms with Gasteiger partial charge in [0.25, 0.3) is 11.7 Å². The molecule has 0 atom stereocenters. The highest BCUT2D eigenvalue weighted by Crippen LogP contribution is 2.35. The fourth-order valence-electron chi connectivity index (χ4n) is 2.38. The van der Waals surface area contributed by atoms with Crippen LogP contribution in [-0.2, 0) is 11.3 Å². The summed E-state index contributed by atoms with van der Waals surface area (Å²) in [5, 5.41) is 1.97. The Morgan fingerprint density at radius 2 is 1.95 bits per heavy atom. The summed E-state index contributed by atoms with van der Waals surface area (Å²) in [6, 6.07) is 7.58. The van der Waals surface area contributed by atoms with Crippen LogP contribution in [0.1, 0.15) is 26.4 Å². The molecule has 0 unspecified atom stereocenters. The van der Waals surface area contributed by atoms with Crippen LogP contribution in [0.15, 0.2) is 29.6 Å². The summed E-state index contributed by atoms with van der Waals surface area (Å²) >= 11 is 1.59. The number of fused-ring (bicyclic) bond motifs is 1. The van der Waals surface area contributed by atoms with Gasteiger partial charge in [-0.25, -0.2) is 0 Å². The zero-order valence-corrected chi connectivity index (χ0v) is 11.6. The number of thiophene rings is 1. The van der Waals surface area contributed by atoms with Crippen LogP contribution in [0.2, 0.25) is 0 Å². The number of anilines is 1. The van der Waals surface area contributed by atoms with E-state index in [9.17, 15) is 9.59 Å². The zero-order chi connectivity index (χ0) is 13.6. The van der Waals surface area contributed by atoms with E-state index in [0.29, 0.717) is 12.1 Å². The monoisotopic (exact) mass is 271 g/mol. The minimum atomic E-state index is -0.419. The molecule has 2 heterocycles. The summed E-state index contributed by atoms with van der Waals surface area (Å²) < 4.78 is 0. The van der Waals surface area contributed by atoms with Crippen molar-refractivity contribution >= 4 is 28.7 Å². The first-order valence-electron chi connectivity index (χ1n) is 6.08. The number of amides is 1. The Hall–Kier alpha value is -1.94. The van der Waals surface area contributed by atoms with E-state index in [1.54, 1.807) is 22.3 Å². The molecule has 19 heavy (non-hydrogen) atoms. The van der Waals surface area contributed by atoms with E-state index in [-0.39, 0.29) is 0 Å². The van der Waals surface area contributed by atoms with Gasteiger partial charge in [0.2, 0.25) is 0 Å². The summed E-state index contributed by atoms with van der Waals surface area (Å²) in [6.07, 6.45) is 0. The van der Waals surface area contributed by atoms with Crippen molar-refractivity contribution in [2.45, 2.75) is 20.4 Å². The van der Waals surface area contributed by atoms with Crippen molar-refractivity contribution in [2.24, 2.45) is 0 Å². The minimum Gasteiger partial charge on any atom is -0.299 e. The van der Waals surface area contributed by atoms with Gasteiger partial charge in [-0.2, -0.15) is 0 Å². The lowest BCUT2D eigenvalue weighted by Gasteiger charge is -2.18. The fraction of sp³-hybridized carbons (Fsp3) is 0.200. The molecule has 0 fully saturated rings. The van der Waals surface area contributed by atoms with Gasteiger partial charge in [-0.3, -0.25) is 14.5 Å². The number of hydrogen-bond acceptors (Lipinski definition) is 3. The number of benzene rings is 1. The molecule has 96 valence electrons. The van der Waals surface area contributed by atoms with E-state index in [4.69, 9.17) is 0 Å². The summed E-state index contributed by atoms with van der Waals surface area (Å²) in [4.78, 5) is 26.8. The number of nitrogens with zero attached hydrogens (tertiary/aromatic N) is 1. The van der Waals surface area contributed by atoms with Crippen LogP contribution in [-0.4, -0.2) is 11.7 Å². The van der Waals surface area contributed by atoms with E-state index in [0.717, 1.165) is 21.7 Å². The molecular formula is C15H13NO2S. The number of Topliss-reactive ketones (excluding diaryl/α,β-unsaturated/α-hetero) is 1. The van der Waals surface area contributed by atoms with Gasteiger partial charge in [-0.1, -0.05) is 12.1 Å². The topological polar surface area (TPSA) is 37.4 Å². The van der Waals surface area contributed by atoms with E-state index in [1.165, 1.54) is 0 Å². The molecule has 0 N–H and O–H groups in total. The number of carbonyl (C=O) groups excluding carboxylic acids is 2. The molecular weight excluding hydrogens is 258 g/mol. The average Bonchev–Trinajstić information content (AvgIpc) is 2.98. The number of rotatable bonds is 2. The Balaban J connectivity index is 2.10. The van der Waals surface area contributed by atoms with Crippen molar-refractivity contribution in [2.75, 3.05) is 4.90 Å². The smallest absolute Gasteiger partial charge is 0.299 e. The van der Waals surface area contributed by atoms with E-state index >= 15 is 0 Å². The predicted molar refractivity (Wildman–Crippen MR) is 75.8 cm³/mol. The molecule has 2 aromatic rings. The van der Waals surface area contributed by atoms with Crippen molar-refractivity contribution in [1.29, 1.82) is 0 Å². The van der Waals surface area contributed by atoms with Gasteiger partial charge in [0.15, 0.2) is 0 Å². The third-order valence-corrected chi connectivity index (χ3v) is 4.41. The average molecular weight is 271 g/mol. The van der Waals surface area contributed by atoms with E-state index in [1.807, 2.05) is 37.4 Å². The zero-order valence-electron chi connectivity index (χ0n) is 10.8. The molecule has 0 aliphatic carbocycles. The number of hydrogen-bond donors (Lipinski definition) is 0. The van der Waals surface area contributed by atoms with Crippen LogP contribution in [0, 0.1) is 13.8 Å². The summed E-state index contributed by atoms with van der Waals surface area (Å²) in [5.74, 6) is -0.813. The summed E-state index contributed by atoms with van der Waals surface area (Å²) in [5.41, 5.74) is 3.42. The summed E-state index contributed by atoms with van der Waals surface area (Å²) in [7, 11) is 0. The number of carbonyl (C=O) groups is 2. The lowest BCUT2D eigenvalue weighted by Crippen LogP contribution is -2.29. The van der Waals surface area contributed by atoms with Crippen molar-refractivity contribution in [3.05, 3.63) is 51.2 Å². The molecule has 0 spiro atoms. The lowest BCUT2D eigenvalue weighted by molar-refractivity contribution is -0.114. The number of ketones is 1. The van der Waals surface area contributed by atoms with Crippen LogP contribution < -0.4 is 4.90 Å². The maximum atomic E-state index is 12.1. The highest BCUT2D eigenvalue weighted by Gasteiger charge is 2.37. The van der Waals surface area contributed by atoms with Crippen LogP contribution in [0.5, 0.6) is 0 Å².